The summed E-state index contributed by atoms with van der Waals surface area (Å²) in [5.74, 6) is 0.697. The summed E-state index contributed by atoms with van der Waals surface area (Å²) in [4.78, 5) is 4.22. The van der Waals surface area contributed by atoms with E-state index in [0.717, 1.165) is 18.4 Å². The Balaban J connectivity index is 1.51. The van der Waals surface area contributed by atoms with Gasteiger partial charge in [-0.1, -0.05) is 23.7 Å². The predicted molar refractivity (Wildman–Crippen MR) is 87.2 cm³/mol. The zero-order valence-corrected chi connectivity index (χ0v) is 13.4. The molecule has 2 bridgehead atoms. The number of fused-ring (bicyclic) bond motifs is 2. The summed E-state index contributed by atoms with van der Waals surface area (Å²) in [5.41, 5.74) is 0.790. The first-order chi connectivity index (χ1) is 10.7. The van der Waals surface area contributed by atoms with E-state index in [2.05, 4.69) is 15.6 Å². The maximum absolute atomic E-state index is 10.2. The summed E-state index contributed by atoms with van der Waals surface area (Å²) in [6.45, 7) is 0.377. The third-order valence-corrected chi connectivity index (χ3v) is 4.58. The normalized spacial score (nSPS) is 28.7. The molecule has 1 aromatic rings. The molecule has 1 aromatic carbocycles. The number of benzene rings is 1. The van der Waals surface area contributed by atoms with Crippen LogP contribution in [0.25, 0.3) is 0 Å². The summed E-state index contributed by atoms with van der Waals surface area (Å²) in [6, 6.07) is 7.57. The van der Waals surface area contributed by atoms with Crippen LogP contribution in [-0.4, -0.2) is 42.9 Å². The molecule has 3 N–H and O–H groups in total. The topological polar surface area (TPSA) is 65.9 Å². The van der Waals surface area contributed by atoms with Gasteiger partial charge in [0.2, 0.25) is 0 Å². The van der Waals surface area contributed by atoms with Gasteiger partial charge in [-0.25, -0.2) is 0 Å². The Morgan fingerprint density at radius 1 is 1.50 bits per heavy atom. The van der Waals surface area contributed by atoms with Crippen molar-refractivity contribution in [3.63, 3.8) is 0 Å². The molecule has 0 amide bonds. The number of ether oxygens (including phenoxy) is 1. The van der Waals surface area contributed by atoms with Crippen molar-refractivity contribution in [2.45, 2.75) is 43.6 Å². The molecule has 4 atom stereocenters. The average molecular weight is 324 g/mol. The Hall–Kier alpha value is -1.30. The van der Waals surface area contributed by atoms with Gasteiger partial charge < -0.3 is 20.5 Å². The lowest BCUT2D eigenvalue weighted by Crippen LogP contribution is -2.48. The van der Waals surface area contributed by atoms with Gasteiger partial charge in [-0.15, -0.1) is 0 Å². The molecule has 22 heavy (non-hydrogen) atoms. The van der Waals surface area contributed by atoms with Crippen LogP contribution in [0.3, 0.4) is 0 Å². The van der Waals surface area contributed by atoms with Crippen LogP contribution in [0.15, 0.2) is 29.3 Å². The molecule has 2 aliphatic rings. The fourth-order valence-corrected chi connectivity index (χ4v) is 3.38. The van der Waals surface area contributed by atoms with E-state index in [-0.39, 0.29) is 0 Å². The molecule has 6 heteroatoms. The minimum atomic E-state index is -0.631. The number of aliphatic hydroxyl groups is 1. The number of hydrogen-bond acceptors (Lipinski definition) is 3. The zero-order chi connectivity index (χ0) is 15.5. The number of hydrogen-bond donors (Lipinski definition) is 3. The predicted octanol–water partition coefficient (Wildman–Crippen LogP) is 1.86. The molecule has 2 saturated heterocycles. The number of aliphatic imine (C=N–C) groups is 1. The fourth-order valence-electron chi connectivity index (χ4n) is 3.19. The highest BCUT2D eigenvalue weighted by Crippen LogP contribution is 2.34. The molecule has 0 radical (unpaired) electrons. The first-order valence-electron chi connectivity index (χ1n) is 7.72. The molecule has 2 aliphatic heterocycles. The summed E-state index contributed by atoms with van der Waals surface area (Å²) in [6.07, 6.45) is 3.38. The lowest BCUT2D eigenvalue weighted by Gasteiger charge is -2.23. The second-order valence-electron chi connectivity index (χ2n) is 5.88. The van der Waals surface area contributed by atoms with E-state index in [0.29, 0.717) is 35.8 Å². The highest BCUT2D eigenvalue weighted by Gasteiger charge is 2.41. The van der Waals surface area contributed by atoms with Crippen LogP contribution in [0.5, 0.6) is 0 Å². The lowest BCUT2D eigenvalue weighted by molar-refractivity contribution is 0.0992. The third kappa shape index (κ3) is 3.54. The smallest absolute Gasteiger partial charge is 0.191 e. The lowest BCUT2D eigenvalue weighted by atomic mass is 9.96. The number of guanidine groups is 1. The standard InChI is InChI=1S/C16H22ClN3O2/c1-18-16(20-13-8-12-5-6-15(13)22-12)19-9-14(21)10-3-2-4-11(17)7-10/h2-4,7,12-15,21H,5-6,8-9H2,1H3,(H2,18,19,20). The van der Waals surface area contributed by atoms with E-state index in [1.54, 1.807) is 19.2 Å². The van der Waals surface area contributed by atoms with Crippen LogP contribution < -0.4 is 10.6 Å². The van der Waals surface area contributed by atoms with Crippen LogP contribution >= 0.6 is 11.6 Å². The molecule has 3 rings (SSSR count). The summed E-state index contributed by atoms with van der Waals surface area (Å²) in [5, 5.41) is 17.4. The quantitative estimate of drug-likeness (QED) is 0.584. The Labute approximate surface area is 135 Å². The van der Waals surface area contributed by atoms with Gasteiger partial charge in [-0.2, -0.15) is 0 Å². The van der Waals surface area contributed by atoms with Crippen LogP contribution in [0.4, 0.5) is 0 Å². The molecule has 2 fully saturated rings. The van der Waals surface area contributed by atoms with Gasteiger partial charge in [0, 0.05) is 18.6 Å². The van der Waals surface area contributed by atoms with E-state index in [9.17, 15) is 5.11 Å². The largest absolute Gasteiger partial charge is 0.387 e. The number of nitrogens with one attached hydrogen (secondary N) is 2. The Morgan fingerprint density at radius 3 is 3.00 bits per heavy atom. The molecule has 4 unspecified atom stereocenters. The van der Waals surface area contributed by atoms with Gasteiger partial charge in [0.05, 0.1) is 24.4 Å². The van der Waals surface area contributed by atoms with Crippen molar-refractivity contribution < 1.29 is 9.84 Å². The fraction of sp³-hybridized carbons (Fsp3) is 0.562. The monoisotopic (exact) mass is 323 g/mol. The average Bonchev–Trinajstić information content (AvgIpc) is 3.13. The van der Waals surface area contributed by atoms with Gasteiger partial charge in [-0.05, 0) is 37.0 Å². The Morgan fingerprint density at radius 2 is 2.36 bits per heavy atom. The number of aliphatic hydroxyl groups excluding tert-OH is 1. The van der Waals surface area contributed by atoms with Gasteiger partial charge in [-0.3, -0.25) is 4.99 Å². The minimum absolute atomic E-state index is 0.293. The minimum Gasteiger partial charge on any atom is -0.387 e. The molecule has 0 saturated carbocycles. The van der Waals surface area contributed by atoms with Crippen molar-refractivity contribution in [3.05, 3.63) is 34.9 Å². The van der Waals surface area contributed by atoms with Crippen molar-refractivity contribution in [2.24, 2.45) is 4.99 Å². The van der Waals surface area contributed by atoms with E-state index >= 15 is 0 Å². The van der Waals surface area contributed by atoms with Crippen molar-refractivity contribution in [1.29, 1.82) is 0 Å². The van der Waals surface area contributed by atoms with E-state index < -0.39 is 6.10 Å². The first kappa shape index (κ1) is 15.6. The molecular weight excluding hydrogens is 302 g/mol. The van der Waals surface area contributed by atoms with E-state index in [4.69, 9.17) is 16.3 Å². The maximum Gasteiger partial charge on any atom is 0.191 e. The van der Waals surface area contributed by atoms with Gasteiger partial charge in [0.25, 0.3) is 0 Å². The maximum atomic E-state index is 10.2. The van der Waals surface area contributed by atoms with Gasteiger partial charge in [0.15, 0.2) is 5.96 Å². The number of rotatable bonds is 4. The summed E-state index contributed by atoms with van der Waals surface area (Å²) in [7, 11) is 1.73. The highest BCUT2D eigenvalue weighted by molar-refractivity contribution is 6.30. The van der Waals surface area contributed by atoms with Gasteiger partial charge >= 0.3 is 0 Å². The molecule has 0 aromatic heterocycles. The van der Waals surface area contributed by atoms with Crippen molar-refractivity contribution >= 4 is 17.6 Å². The molecule has 0 aliphatic carbocycles. The Bertz CT molecular complexity index is 552. The molecule has 2 heterocycles. The molecule has 5 nitrogen and oxygen atoms in total. The van der Waals surface area contributed by atoms with Crippen LogP contribution in [0.1, 0.15) is 30.9 Å². The highest BCUT2D eigenvalue weighted by atomic mass is 35.5. The van der Waals surface area contributed by atoms with Crippen LogP contribution in [-0.2, 0) is 4.74 Å². The molecule has 120 valence electrons. The van der Waals surface area contributed by atoms with E-state index in [1.165, 1.54) is 6.42 Å². The Kier molecular flexibility index (Phi) is 4.86. The summed E-state index contributed by atoms with van der Waals surface area (Å²) < 4.78 is 5.83. The number of nitrogens with zero attached hydrogens (tertiary/aromatic N) is 1. The molecular formula is C16H22ClN3O2. The van der Waals surface area contributed by atoms with Crippen LogP contribution in [0.2, 0.25) is 5.02 Å². The number of halogens is 1. The second-order valence-corrected chi connectivity index (χ2v) is 6.32. The van der Waals surface area contributed by atoms with Crippen LogP contribution in [0, 0.1) is 0 Å². The SMILES string of the molecule is CN=C(NCC(O)c1cccc(Cl)c1)NC1CC2CCC1O2. The third-order valence-electron chi connectivity index (χ3n) is 4.35. The van der Waals surface area contributed by atoms with Crippen molar-refractivity contribution in [1.82, 2.24) is 10.6 Å². The van der Waals surface area contributed by atoms with Gasteiger partial charge in [0.1, 0.15) is 0 Å². The zero-order valence-electron chi connectivity index (χ0n) is 12.6. The second kappa shape index (κ2) is 6.86. The van der Waals surface area contributed by atoms with Crippen molar-refractivity contribution in [3.8, 4) is 0 Å². The van der Waals surface area contributed by atoms with Crippen molar-refractivity contribution in [2.75, 3.05) is 13.6 Å². The summed E-state index contributed by atoms with van der Waals surface area (Å²) >= 11 is 5.95. The van der Waals surface area contributed by atoms with E-state index in [1.807, 2.05) is 12.1 Å². The molecule has 0 spiro atoms. The first-order valence-corrected chi connectivity index (χ1v) is 8.09.